The molecule has 1 aromatic heterocycles. The van der Waals surface area contributed by atoms with Gasteiger partial charge in [-0.05, 0) is 65.2 Å². The lowest BCUT2D eigenvalue weighted by atomic mass is 9.72. The minimum Gasteiger partial charge on any atom is -0.444 e. The minimum absolute atomic E-state index is 0.0581. The van der Waals surface area contributed by atoms with E-state index in [1.807, 2.05) is 24.9 Å². The summed E-state index contributed by atoms with van der Waals surface area (Å²) in [6.45, 7) is 8.66. The Labute approximate surface area is 192 Å². The first-order valence-electron chi connectivity index (χ1n) is 9.40. The first-order valence-corrected chi connectivity index (χ1v) is 12.9. The molecule has 4 heterocycles. The van der Waals surface area contributed by atoms with Crippen LogP contribution in [0.2, 0.25) is 5.28 Å². The SMILES string of the molecule is CC(C)(C)OC(=O)N1CC2(CCN(c3nc(Cl)nc4c3=CI=C(Br)C=4F)CC2)C1. The van der Waals surface area contributed by atoms with Crippen LogP contribution in [0.1, 0.15) is 33.6 Å². The second-order valence-corrected chi connectivity index (χ2v) is 13.6. The van der Waals surface area contributed by atoms with Crippen molar-refractivity contribution >= 4 is 72.5 Å². The molecule has 0 aliphatic carbocycles. The zero-order valence-electron chi connectivity index (χ0n) is 16.4. The molecule has 4 rings (SSSR count). The third-order valence-corrected chi connectivity index (χ3v) is 8.99. The smallest absolute Gasteiger partial charge is 0.410 e. The van der Waals surface area contributed by atoms with Crippen LogP contribution in [0.25, 0.3) is 9.91 Å². The van der Waals surface area contributed by atoms with E-state index in [4.69, 9.17) is 16.3 Å². The number of rotatable bonds is 1. The summed E-state index contributed by atoms with van der Waals surface area (Å²) in [4.78, 5) is 24.7. The lowest BCUT2D eigenvalue weighted by Crippen LogP contribution is -2.62. The van der Waals surface area contributed by atoms with Gasteiger partial charge in [0, 0.05) is 31.6 Å². The summed E-state index contributed by atoms with van der Waals surface area (Å²) in [7, 11) is 0. The first-order chi connectivity index (χ1) is 13.6. The van der Waals surface area contributed by atoms with E-state index in [2.05, 4.69) is 30.8 Å². The molecule has 1 aromatic rings. The van der Waals surface area contributed by atoms with Crippen molar-refractivity contribution in [1.82, 2.24) is 14.9 Å². The van der Waals surface area contributed by atoms with Crippen LogP contribution in [0.5, 0.6) is 0 Å². The maximum Gasteiger partial charge on any atom is 0.410 e. The van der Waals surface area contributed by atoms with Gasteiger partial charge in [-0.15, -0.1) is 0 Å². The maximum atomic E-state index is 14.5. The molecule has 1 spiro atoms. The van der Waals surface area contributed by atoms with Crippen LogP contribution >= 0.6 is 48.3 Å². The van der Waals surface area contributed by atoms with Crippen LogP contribution in [0.3, 0.4) is 0 Å². The molecule has 0 N–H and O–H groups in total. The van der Waals surface area contributed by atoms with Crippen LogP contribution in [0.15, 0.2) is 0 Å². The number of halogens is 4. The molecule has 1 amide bonds. The summed E-state index contributed by atoms with van der Waals surface area (Å²) < 4.78 is 22.6. The van der Waals surface area contributed by atoms with E-state index in [9.17, 15) is 9.18 Å². The van der Waals surface area contributed by atoms with Gasteiger partial charge in [0.2, 0.25) is 5.28 Å². The van der Waals surface area contributed by atoms with Gasteiger partial charge in [-0.2, -0.15) is 4.98 Å². The van der Waals surface area contributed by atoms with Crippen LogP contribution in [0.4, 0.5) is 15.0 Å². The highest BCUT2D eigenvalue weighted by molar-refractivity contribution is 14.2. The number of hydrogen-bond donors (Lipinski definition) is 0. The Hall–Kier alpha value is -0.810. The van der Waals surface area contributed by atoms with Gasteiger partial charge in [0.25, 0.3) is 0 Å². The first kappa shape index (κ1) is 21.4. The van der Waals surface area contributed by atoms with Crippen molar-refractivity contribution in [2.24, 2.45) is 5.41 Å². The van der Waals surface area contributed by atoms with Crippen molar-refractivity contribution in [2.45, 2.75) is 39.2 Å². The molecule has 2 fully saturated rings. The summed E-state index contributed by atoms with van der Waals surface area (Å²) in [5, 5.41) is 1.09. The highest BCUT2D eigenvalue weighted by Crippen LogP contribution is 2.41. The topological polar surface area (TPSA) is 58.6 Å². The van der Waals surface area contributed by atoms with Gasteiger partial charge in [0.15, 0.2) is 5.83 Å². The van der Waals surface area contributed by atoms with E-state index >= 15 is 0 Å². The zero-order valence-corrected chi connectivity index (χ0v) is 20.9. The molecule has 2 saturated heterocycles. The summed E-state index contributed by atoms with van der Waals surface area (Å²) >= 11 is 8.82. The monoisotopic (exact) mass is 598 g/mol. The van der Waals surface area contributed by atoms with Crippen LogP contribution in [0, 0.1) is 5.41 Å². The van der Waals surface area contributed by atoms with Gasteiger partial charge in [-0.1, -0.05) is 20.7 Å². The standard InChI is InChI=1S/C19H22BrClFIN4O2/c1-18(2,3)29-17(28)27-9-19(10-27)4-6-26(7-5-19)15-11-8-23-14(20)12(22)13(11)24-16(21)25-15/h8H,4-7,9-10H2,1-3H3. The third kappa shape index (κ3) is 4.32. The Kier molecular flexibility index (Phi) is 5.69. The molecule has 0 aromatic carbocycles. The fourth-order valence-electron chi connectivity index (χ4n) is 3.91. The Morgan fingerprint density at radius 3 is 2.59 bits per heavy atom. The largest absolute Gasteiger partial charge is 0.444 e. The Morgan fingerprint density at radius 2 is 1.97 bits per heavy atom. The molecule has 0 bridgehead atoms. The summed E-state index contributed by atoms with van der Waals surface area (Å²) in [6, 6.07) is 0. The lowest BCUT2D eigenvalue weighted by molar-refractivity contribution is -0.0434. The van der Waals surface area contributed by atoms with Crippen molar-refractivity contribution in [3.63, 3.8) is 0 Å². The molecular formula is C19H22BrClFIN4O2. The van der Waals surface area contributed by atoms with Crippen molar-refractivity contribution in [3.05, 3.63) is 15.9 Å². The third-order valence-electron chi connectivity index (χ3n) is 5.36. The molecule has 29 heavy (non-hydrogen) atoms. The molecule has 158 valence electrons. The molecule has 3 aliphatic rings. The molecular weight excluding hydrogens is 577 g/mol. The molecule has 0 unspecified atom stereocenters. The summed E-state index contributed by atoms with van der Waals surface area (Å²) in [5.41, 5.74) is -0.346. The minimum atomic E-state index is -0.575. The highest BCUT2D eigenvalue weighted by atomic mass is 127. The number of fused-ring (bicyclic) bond motifs is 1. The maximum absolute atomic E-state index is 14.5. The number of anilines is 1. The lowest BCUT2D eigenvalue weighted by Gasteiger charge is -2.53. The predicted octanol–water partition coefficient (Wildman–Crippen LogP) is 3.29. The Morgan fingerprint density at radius 1 is 1.31 bits per heavy atom. The quantitative estimate of drug-likeness (QED) is 0.367. The number of aromatic nitrogens is 2. The molecule has 0 radical (unpaired) electrons. The van der Waals surface area contributed by atoms with E-state index in [0.717, 1.165) is 44.2 Å². The van der Waals surface area contributed by atoms with Gasteiger partial charge < -0.3 is 14.5 Å². The highest BCUT2D eigenvalue weighted by Gasteiger charge is 2.48. The van der Waals surface area contributed by atoms with Crippen molar-refractivity contribution in [2.75, 3.05) is 31.1 Å². The number of carbonyl (C=O) groups is 1. The van der Waals surface area contributed by atoms with Gasteiger partial charge >= 0.3 is 6.09 Å². The number of carbonyl (C=O) groups excluding carboxylic acids is 1. The second-order valence-electron chi connectivity index (χ2n) is 8.69. The Bertz CT molecular complexity index is 1010. The van der Waals surface area contributed by atoms with Crippen LogP contribution in [-0.4, -0.2) is 55.2 Å². The average Bonchev–Trinajstić information content (AvgIpc) is 2.61. The molecule has 10 heteroatoms. The van der Waals surface area contributed by atoms with Crippen molar-refractivity contribution in [3.8, 4) is 0 Å². The average molecular weight is 600 g/mol. The Balaban J connectivity index is 1.47. The fraction of sp³-hybridized carbons (Fsp3) is 0.579. The van der Waals surface area contributed by atoms with Crippen molar-refractivity contribution < 1.29 is 13.9 Å². The van der Waals surface area contributed by atoms with Gasteiger partial charge in [-0.3, -0.25) is 0 Å². The van der Waals surface area contributed by atoms with Crippen molar-refractivity contribution in [1.29, 1.82) is 0 Å². The molecule has 6 nitrogen and oxygen atoms in total. The number of piperidine rings is 1. The van der Waals surface area contributed by atoms with E-state index in [1.165, 1.54) is 0 Å². The van der Waals surface area contributed by atoms with Gasteiger partial charge in [-0.25, -0.2) is 14.2 Å². The molecule has 0 atom stereocenters. The van der Waals surface area contributed by atoms with E-state index < -0.39 is 26.3 Å². The van der Waals surface area contributed by atoms with Gasteiger partial charge in [0.1, 0.15) is 16.8 Å². The number of nitrogens with zero attached hydrogens (tertiary/aromatic N) is 4. The predicted molar refractivity (Wildman–Crippen MR) is 125 cm³/mol. The number of amides is 1. The second kappa shape index (κ2) is 7.71. The molecule has 0 saturated carbocycles. The van der Waals surface area contributed by atoms with Crippen LogP contribution < -0.4 is 15.5 Å². The van der Waals surface area contributed by atoms with E-state index in [0.29, 0.717) is 8.24 Å². The number of likely N-dealkylation sites (tertiary alicyclic amines) is 1. The van der Waals surface area contributed by atoms with Crippen LogP contribution in [-0.2, 0) is 4.74 Å². The fourth-order valence-corrected chi connectivity index (χ4v) is 6.53. The van der Waals surface area contributed by atoms with E-state index in [-0.39, 0.29) is 28.0 Å². The zero-order chi connectivity index (χ0) is 21.0. The summed E-state index contributed by atoms with van der Waals surface area (Å²) in [5.74, 6) is 0.384. The normalized spacial score (nSPS) is 20.9. The molecule has 3 aliphatic heterocycles. The number of ether oxygens (including phenoxy) is 1. The summed E-state index contributed by atoms with van der Waals surface area (Å²) in [6.07, 6.45) is 1.65. The number of hydrogen-bond acceptors (Lipinski definition) is 5. The van der Waals surface area contributed by atoms with E-state index in [1.54, 1.807) is 4.90 Å². The van der Waals surface area contributed by atoms with Gasteiger partial charge in [0.05, 0.1) is 7.64 Å².